The van der Waals surface area contributed by atoms with Gasteiger partial charge in [-0.05, 0) is 13.8 Å². The number of hydrogen-bond acceptors (Lipinski definition) is 5. The number of nitrogens with two attached hydrogens (primary N) is 1. The van der Waals surface area contributed by atoms with Crippen LogP contribution in [0.3, 0.4) is 0 Å². The first kappa shape index (κ1) is 12.3. The van der Waals surface area contributed by atoms with Crippen molar-refractivity contribution in [2.45, 2.75) is 20.4 Å². The minimum Gasteiger partial charge on any atom is -0.382 e. The topological polar surface area (TPSA) is 89.9 Å². The van der Waals surface area contributed by atoms with Gasteiger partial charge < -0.3 is 15.2 Å². The second-order valence-corrected chi connectivity index (χ2v) is 3.87. The molecule has 0 fully saturated rings. The fourth-order valence-electron chi connectivity index (χ4n) is 1.84. The monoisotopic (exact) mass is 248 g/mol. The second kappa shape index (κ2) is 4.99. The van der Waals surface area contributed by atoms with Crippen LogP contribution < -0.4 is 5.73 Å². The van der Waals surface area contributed by atoms with Crippen LogP contribution in [0.1, 0.15) is 13.8 Å². The highest BCUT2D eigenvalue weighted by Crippen LogP contribution is 2.14. The SMILES string of the molecule is CCN(CC)C(=O)Cn1cnc2c(N)ncnc21. The molecule has 0 spiro atoms. The van der Waals surface area contributed by atoms with Crippen LogP contribution >= 0.6 is 0 Å². The third-order valence-electron chi connectivity index (χ3n) is 2.85. The molecule has 0 saturated carbocycles. The molecule has 18 heavy (non-hydrogen) atoms. The summed E-state index contributed by atoms with van der Waals surface area (Å²) < 4.78 is 1.69. The van der Waals surface area contributed by atoms with Crippen molar-refractivity contribution in [1.29, 1.82) is 0 Å². The van der Waals surface area contributed by atoms with Gasteiger partial charge in [0, 0.05) is 13.1 Å². The van der Waals surface area contributed by atoms with E-state index in [-0.39, 0.29) is 12.5 Å². The number of rotatable bonds is 4. The van der Waals surface area contributed by atoms with Gasteiger partial charge in [-0.25, -0.2) is 15.0 Å². The van der Waals surface area contributed by atoms with Crippen molar-refractivity contribution in [3.63, 3.8) is 0 Å². The van der Waals surface area contributed by atoms with Gasteiger partial charge >= 0.3 is 0 Å². The maximum atomic E-state index is 12.0. The number of anilines is 1. The lowest BCUT2D eigenvalue weighted by Crippen LogP contribution is -2.33. The van der Waals surface area contributed by atoms with Crippen LogP contribution in [0.4, 0.5) is 5.82 Å². The molecule has 2 aromatic rings. The summed E-state index contributed by atoms with van der Waals surface area (Å²) in [5.74, 6) is 0.366. The van der Waals surface area contributed by atoms with Gasteiger partial charge in [-0.2, -0.15) is 0 Å². The summed E-state index contributed by atoms with van der Waals surface area (Å²) in [4.78, 5) is 25.9. The van der Waals surface area contributed by atoms with E-state index in [2.05, 4.69) is 15.0 Å². The van der Waals surface area contributed by atoms with Crippen molar-refractivity contribution in [2.75, 3.05) is 18.8 Å². The molecule has 0 radical (unpaired) electrons. The zero-order valence-electron chi connectivity index (χ0n) is 10.5. The van der Waals surface area contributed by atoms with Gasteiger partial charge in [0.05, 0.1) is 6.33 Å². The summed E-state index contributed by atoms with van der Waals surface area (Å²) in [7, 11) is 0. The van der Waals surface area contributed by atoms with E-state index in [0.29, 0.717) is 30.1 Å². The fourth-order valence-corrected chi connectivity index (χ4v) is 1.84. The number of nitrogens with zero attached hydrogens (tertiary/aromatic N) is 5. The van der Waals surface area contributed by atoms with E-state index in [0.717, 1.165) is 0 Å². The van der Waals surface area contributed by atoms with Crippen molar-refractivity contribution in [2.24, 2.45) is 0 Å². The standard InChI is InChI=1S/C11H16N6O/c1-3-16(4-2)8(18)5-17-7-15-9-10(12)13-6-14-11(9)17/h6-7H,3-5H2,1-2H3,(H2,12,13,14). The molecule has 0 aliphatic carbocycles. The van der Waals surface area contributed by atoms with E-state index in [1.807, 2.05) is 13.8 Å². The Balaban J connectivity index is 2.27. The van der Waals surface area contributed by atoms with Gasteiger partial charge in [0.1, 0.15) is 18.4 Å². The smallest absolute Gasteiger partial charge is 0.242 e. The maximum Gasteiger partial charge on any atom is 0.242 e. The van der Waals surface area contributed by atoms with Crippen molar-refractivity contribution in [1.82, 2.24) is 24.4 Å². The zero-order valence-corrected chi connectivity index (χ0v) is 10.5. The first-order valence-corrected chi connectivity index (χ1v) is 5.86. The van der Waals surface area contributed by atoms with Crippen LogP contribution in [-0.4, -0.2) is 43.4 Å². The number of likely N-dealkylation sites (N-methyl/N-ethyl adjacent to an activating group) is 1. The summed E-state index contributed by atoms with van der Waals surface area (Å²) >= 11 is 0. The molecule has 2 heterocycles. The Morgan fingerprint density at radius 1 is 1.33 bits per heavy atom. The maximum absolute atomic E-state index is 12.0. The van der Waals surface area contributed by atoms with Crippen molar-refractivity contribution in [3.05, 3.63) is 12.7 Å². The molecule has 0 aliphatic rings. The van der Waals surface area contributed by atoms with E-state index in [1.165, 1.54) is 6.33 Å². The molecular weight excluding hydrogens is 232 g/mol. The lowest BCUT2D eigenvalue weighted by Gasteiger charge is -2.18. The van der Waals surface area contributed by atoms with Gasteiger partial charge in [0.2, 0.25) is 5.91 Å². The van der Waals surface area contributed by atoms with Gasteiger partial charge in [-0.1, -0.05) is 0 Å². The van der Waals surface area contributed by atoms with Crippen LogP contribution in [-0.2, 0) is 11.3 Å². The quantitative estimate of drug-likeness (QED) is 0.839. The highest BCUT2D eigenvalue weighted by Gasteiger charge is 2.13. The minimum absolute atomic E-state index is 0.0384. The molecule has 2 rings (SSSR count). The lowest BCUT2D eigenvalue weighted by molar-refractivity contribution is -0.131. The summed E-state index contributed by atoms with van der Waals surface area (Å²) in [5, 5.41) is 0. The highest BCUT2D eigenvalue weighted by molar-refractivity contribution is 5.83. The number of amides is 1. The highest BCUT2D eigenvalue weighted by atomic mass is 16.2. The number of fused-ring (bicyclic) bond motifs is 1. The van der Waals surface area contributed by atoms with E-state index < -0.39 is 0 Å². The molecule has 2 N–H and O–H groups in total. The molecule has 0 aromatic carbocycles. The van der Waals surface area contributed by atoms with Crippen LogP contribution in [0.2, 0.25) is 0 Å². The molecule has 0 atom stereocenters. The number of imidazole rings is 1. The lowest BCUT2D eigenvalue weighted by atomic mass is 10.4. The number of nitrogen functional groups attached to an aromatic ring is 1. The number of aromatic nitrogens is 4. The van der Waals surface area contributed by atoms with Crippen LogP contribution in [0.5, 0.6) is 0 Å². The predicted molar refractivity (Wildman–Crippen MR) is 67.7 cm³/mol. The van der Waals surface area contributed by atoms with E-state index >= 15 is 0 Å². The van der Waals surface area contributed by atoms with Crippen molar-refractivity contribution < 1.29 is 4.79 Å². The fraction of sp³-hybridized carbons (Fsp3) is 0.455. The van der Waals surface area contributed by atoms with Gasteiger partial charge in [-0.15, -0.1) is 0 Å². The second-order valence-electron chi connectivity index (χ2n) is 3.87. The largest absolute Gasteiger partial charge is 0.382 e. The Bertz CT molecular complexity index is 560. The Kier molecular flexibility index (Phi) is 3.40. The predicted octanol–water partition coefficient (Wildman–Crippen LogP) is 0.277. The summed E-state index contributed by atoms with van der Waals surface area (Å²) in [6.45, 7) is 5.51. The normalized spacial score (nSPS) is 10.8. The van der Waals surface area contributed by atoms with Gasteiger partial charge in [-0.3, -0.25) is 4.79 Å². The first-order chi connectivity index (χ1) is 8.67. The molecule has 7 nitrogen and oxygen atoms in total. The molecule has 1 amide bonds. The number of carbonyl (C=O) groups is 1. The Morgan fingerprint density at radius 3 is 2.72 bits per heavy atom. The average molecular weight is 248 g/mol. The Labute approximate surface area is 105 Å². The first-order valence-electron chi connectivity index (χ1n) is 5.86. The summed E-state index contributed by atoms with van der Waals surface area (Å²) in [5.41, 5.74) is 6.81. The molecule has 7 heteroatoms. The molecule has 96 valence electrons. The van der Waals surface area contributed by atoms with Crippen molar-refractivity contribution >= 4 is 22.9 Å². The third-order valence-corrected chi connectivity index (χ3v) is 2.85. The molecule has 2 aromatic heterocycles. The van der Waals surface area contributed by atoms with Crippen LogP contribution in [0.15, 0.2) is 12.7 Å². The summed E-state index contributed by atoms with van der Waals surface area (Å²) in [6.07, 6.45) is 2.94. The van der Waals surface area contributed by atoms with Gasteiger partial charge in [0.25, 0.3) is 0 Å². The molecule has 0 bridgehead atoms. The number of carbonyl (C=O) groups excluding carboxylic acids is 1. The van der Waals surface area contributed by atoms with Crippen LogP contribution in [0, 0.1) is 0 Å². The molecule has 0 aliphatic heterocycles. The summed E-state index contributed by atoms with van der Waals surface area (Å²) in [6, 6.07) is 0. The minimum atomic E-state index is 0.0384. The zero-order chi connectivity index (χ0) is 13.1. The Morgan fingerprint density at radius 2 is 2.06 bits per heavy atom. The van der Waals surface area contributed by atoms with Gasteiger partial charge in [0.15, 0.2) is 11.5 Å². The van der Waals surface area contributed by atoms with E-state index in [9.17, 15) is 4.79 Å². The van der Waals surface area contributed by atoms with E-state index in [4.69, 9.17) is 5.73 Å². The third kappa shape index (κ3) is 2.11. The molecular formula is C11H16N6O. The number of hydrogen-bond donors (Lipinski definition) is 1. The van der Waals surface area contributed by atoms with Crippen LogP contribution in [0.25, 0.3) is 11.2 Å². The Hall–Kier alpha value is -2.18. The molecule has 0 unspecified atom stereocenters. The average Bonchev–Trinajstić information content (AvgIpc) is 2.76. The van der Waals surface area contributed by atoms with Crippen molar-refractivity contribution in [3.8, 4) is 0 Å². The van der Waals surface area contributed by atoms with E-state index in [1.54, 1.807) is 15.8 Å². The molecule has 0 saturated heterocycles.